The molecule has 0 fully saturated rings. The zero-order valence-corrected chi connectivity index (χ0v) is 19.8. The normalized spacial score (nSPS) is 11.6. The van der Waals surface area contributed by atoms with Crippen molar-refractivity contribution in [3.05, 3.63) is 86.9 Å². The van der Waals surface area contributed by atoms with Crippen LogP contribution in [-0.2, 0) is 4.79 Å². The Morgan fingerprint density at radius 1 is 0.903 bits per heavy atom. The van der Waals surface area contributed by atoms with Crippen LogP contribution in [0.4, 0.5) is 11.4 Å². The molecule has 0 heterocycles. The lowest BCUT2D eigenvalue weighted by Gasteiger charge is -2.15. The van der Waals surface area contributed by atoms with Gasteiger partial charge in [-0.05, 0) is 67.9 Å². The van der Waals surface area contributed by atoms with E-state index in [1.165, 1.54) is 17.8 Å². The van der Waals surface area contributed by atoms with Gasteiger partial charge in [0.1, 0.15) is 0 Å². The van der Waals surface area contributed by atoms with Gasteiger partial charge in [0.2, 0.25) is 5.91 Å². The number of benzene rings is 3. The highest BCUT2D eigenvalue weighted by atomic mass is 35.5. The maximum atomic E-state index is 12.6. The molecular formula is C23H19Cl3N2O2S. The number of anilines is 2. The minimum Gasteiger partial charge on any atom is -0.325 e. The van der Waals surface area contributed by atoms with Gasteiger partial charge in [-0.1, -0.05) is 46.9 Å². The SMILES string of the molecule is Cc1c(Cl)cccc1NC(=O)C(C)Sc1cccc(NC(=O)c2ccc(Cl)cc2Cl)c1. The third-order valence-electron chi connectivity index (χ3n) is 4.48. The van der Waals surface area contributed by atoms with E-state index in [4.69, 9.17) is 34.8 Å². The molecule has 8 heteroatoms. The van der Waals surface area contributed by atoms with Crippen molar-refractivity contribution in [1.82, 2.24) is 0 Å². The van der Waals surface area contributed by atoms with Crippen molar-refractivity contribution < 1.29 is 9.59 Å². The standard InChI is InChI=1S/C23H19Cl3N2O2S/c1-13-19(25)7-4-8-21(13)28-22(29)14(2)31-17-6-3-5-16(12-17)27-23(30)18-10-9-15(24)11-20(18)26/h3-12,14H,1-2H3,(H,27,30)(H,28,29). The highest BCUT2D eigenvalue weighted by Crippen LogP contribution is 2.29. The third kappa shape index (κ3) is 6.17. The molecule has 1 unspecified atom stereocenters. The van der Waals surface area contributed by atoms with E-state index in [1.807, 2.05) is 32.0 Å². The lowest BCUT2D eigenvalue weighted by atomic mass is 10.2. The Morgan fingerprint density at radius 2 is 1.65 bits per heavy atom. The van der Waals surface area contributed by atoms with Gasteiger partial charge in [-0.2, -0.15) is 0 Å². The predicted molar refractivity (Wildman–Crippen MR) is 131 cm³/mol. The number of carbonyl (C=O) groups excluding carboxylic acids is 2. The summed E-state index contributed by atoms with van der Waals surface area (Å²) in [6, 6.07) is 17.4. The maximum absolute atomic E-state index is 12.6. The van der Waals surface area contributed by atoms with Crippen molar-refractivity contribution in [1.29, 1.82) is 0 Å². The number of carbonyl (C=O) groups is 2. The fraction of sp³-hybridized carbons (Fsp3) is 0.130. The van der Waals surface area contributed by atoms with Gasteiger partial charge in [0, 0.05) is 26.3 Å². The van der Waals surface area contributed by atoms with Crippen molar-refractivity contribution in [2.75, 3.05) is 10.6 Å². The van der Waals surface area contributed by atoms with Crippen molar-refractivity contribution in [2.24, 2.45) is 0 Å². The lowest BCUT2D eigenvalue weighted by molar-refractivity contribution is -0.115. The number of rotatable bonds is 6. The number of nitrogens with one attached hydrogen (secondary N) is 2. The second kappa shape index (κ2) is 10.4. The van der Waals surface area contributed by atoms with Gasteiger partial charge in [0.15, 0.2) is 0 Å². The van der Waals surface area contributed by atoms with E-state index in [1.54, 1.807) is 36.4 Å². The van der Waals surface area contributed by atoms with Gasteiger partial charge in [0.05, 0.1) is 15.8 Å². The van der Waals surface area contributed by atoms with Crippen LogP contribution in [0.1, 0.15) is 22.8 Å². The van der Waals surface area contributed by atoms with Gasteiger partial charge in [-0.25, -0.2) is 0 Å². The zero-order valence-electron chi connectivity index (χ0n) is 16.7. The molecular weight excluding hydrogens is 475 g/mol. The summed E-state index contributed by atoms with van der Waals surface area (Å²) < 4.78 is 0. The van der Waals surface area contributed by atoms with Crippen molar-refractivity contribution in [2.45, 2.75) is 24.0 Å². The molecule has 0 saturated heterocycles. The molecule has 3 aromatic carbocycles. The van der Waals surface area contributed by atoms with Crippen LogP contribution in [0, 0.1) is 6.92 Å². The molecule has 3 aromatic rings. The van der Waals surface area contributed by atoms with Gasteiger partial charge >= 0.3 is 0 Å². The second-order valence-corrected chi connectivity index (χ2v) is 9.43. The molecule has 0 aliphatic rings. The minimum absolute atomic E-state index is 0.141. The molecule has 2 N–H and O–H groups in total. The van der Waals surface area contributed by atoms with E-state index in [-0.39, 0.29) is 22.1 Å². The topological polar surface area (TPSA) is 58.2 Å². The first-order valence-electron chi connectivity index (χ1n) is 9.33. The molecule has 0 radical (unpaired) electrons. The van der Waals surface area contributed by atoms with E-state index < -0.39 is 0 Å². The summed E-state index contributed by atoms with van der Waals surface area (Å²) in [5.74, 6) is -0.483. The molecule has 2 amide bonds. The quantitative estimate of drug-likeness (QED) is 0.353. The van der Waals surface area contributed by atoms with E-state index in [0.29, 0.717) is 27.0 Å². The average Bonchev–Trinajstić information content (AvgIpc) is 2.71. The molecule has 0 bridgehead atoms. The second-order valence-electron chi connectivity index (χ2n) is 6.77. The predicted octanol–water partition coefficient (Wildman–Crippen LogP) is 7.33. The molecule has 0 aliphatic carbocycles. The molecule has 0 spiro atoms. The Hall–Kier alpha value is -2.18. The molecule has 1 atom stereocenters. The number of hydrogen-bond donors (Lipinski definition) is 2. The molecule has 0 aliphatic heterocycles. The Balaban J connectivity index is 1.66. The van der Waals surface area contributed by atoms with Crippen LogP contribution in [0.5, 0.6) is 0 Å². The minimum atomic E-state index is -0.366. The van der Waals surface area contributed by atoms with E-state index in [2.05, 4.69) is 10.6 Å². The Labute approximate surface area is 200 Å². The first kappa shape index (κ1) is 23.5. The summed E-state index contributed by atoms with van der Waals surface area (Å²) in [7, 11) is 0. The van der Waals surface area contributed by atoms with Crippen molar-refractivity contribution in [3.63, 3.8) is 0 Å². The number of hydrogen-bond acceptors (Lipinski definition) is 3. The molecule has 4 nitrogen and oxygen atoms in total. The fourth-order valence-electron chi connectivity index (χ4n) is 2.75. The summed E-state index contributed by atoms with van der Waals surface area (Å²) in [6.07, 6.45) is 0. The summed E-state index contributed by atoms with van der Waals surface area (Å²) in [5.41, 5.74) is 2.43. The van der Waals surface area contributed by atoms with E-state index >= 15 is 0 Å². The largest absolute Gasteiger partial charge is 0.325 e. The summed E-state index contributed by atoms with van der Waals surface area (Å²) in [5, 5.41) is 6.70. The molecule has 0 saturated carbocycles. The Kier molecular flexibility index (Phi) is 7.89. The van der Waals surface area contributed by atoms with Gasteiger partial charge < -0.3 is 10.6 Å². The van der Waals surface area contributed by atoms with Gasteiger partial charge in [-0.3, -0.25) is 9.59 Å². The smallest absolute Gasteiger partial charge is 0.257 e. The zero-order chi connectivity index (χ0) is 22.5. The fourth-order valence-corrected chi connectivity index (χ4v) is 4.35. The maximum Gasteiger partial charge on any atom is 0.257 e. The van der Waals surface area contributed by atoms with Crippen LogP contribution in [-0.4, -0.2) is 17.1 Å². The van der Waals surface area contributed by atoms with Crippen LogP contribution in [0.3, 0.4) is 0 Å². The summed E-state index contributed by atoms with van der Waals surface area (Å²) in [6.45, 7) is 3.67. The van der Waals surface area contributed by atoms with Crippen molar-refractivity contribution in [3.8, 4) is 0 Å². The highest BCUT2D eigenvalue weighted by molar-refractivity contribution is 8.00. The van der Waals surface area contributed by atoms with E-state index in [9.17, 15) is 9.59 Å². The Bertz CT molecular complexity index is 1140. The van der Waals surface area contributed by atoms with Crippen LogP contribution < -0.4 is 10.6 Å². The van der Waals surface area contributed by atoms with Crippen LogP contribution in [0.15, 0.2) is 65.6 Å². The van der Waals surface area contributed by atoms with Gasteiger partial charge in [-0.15, -0.1) is 11.8 Å². The third-order valence-corrected chi connectivity index (χ3v) is 6.53. The Morgan fingerprint density at radius 3 is 2.39 bits per heavy atom. The molecule has 31 heavy (non-hydrogen) atoms. The first-order chi connectivity index (χ1) is 14.7. The molecule has 0 aromatic heterocycles. The summed E-state index contributed by atoms with van der Waals surface area (Å²) in [4.78, 5) is 26.0. The number of thioether (sulfide) groups is 1. The highest BCUT2D eigenvalue weighted by Gasteiger charge is 2.17. The molecule has 3 rings (SSSR count). The lowest BCUT2D eigenvalue weighted by Crippen LogP contribution is -2.22. The van der Waals surface area contributed by atoms with Crippen LogP contribution in [0.2, 0.25) is 15.1 Å². The van der Waals surface area contributed by atoms with Gasteiger partial charge in [0.25, 0.3) is 5.91 Å². The first-order valence-corrected chi connectivity index (χ1v) is 11.3. The average molecular weight is 494 g/mol. The summed E-state index contributed by atoms with van der Waals surface area (Å²) >= 11 is 19.5. The van der Waals surface area contributed by atoms with Crippen LogP contribution >= 0.6 is 46.6 Å². The molecule has 160 valence electrons. The van der Waals surface area contributed by atoms with E-state index in [0.717, 1.165) is 10.5 Å². The number of amides is 2. The van der Waals surface area contributed by atoms with Crippen LogP contribution in [0.25, 0.3) is 0 Å². The monoisotopic (exact) mass is 492 g/mol. The van der Waals surface area contributed by atoms with Crippen molar-refractivity contribution >= 4 is 69.8 Å². The number of halogens is 3.